The van der Waals surface area contributed by atoms with E-state index in [9.17, 15) is 9.59 Å². The van der Waals surface area contributed by atoms with E-state index in [2.05, 4.69) is 21.2 Å². The largest absolute Gasteiger partial charge is 0.338 e. The smallest absolute Gasteiger partial charge is 0.226 e. The van der Waals surface area contributed by atoms with E-state index < -0.39 is 0 Å². The van der Waals surface area contributed by atoms with Gasteiger partial charge in [0.25, 0.3) is 0 Å². The molecular formula is C21H23BrN2O2S. The Morgan fingerprint density at radius 1 is 1.19 bits per heavy atom. The van der Waals surface area contributed by atoms with Crippen LogP contribution in [0.15, 0.2) is 59.1 Å². The molecule has 0 radical (unpaired) electrons. The van der Waals surface area contributed by atoms with Crippen molar-refractivity contribution in [2.24, 2.45) is 11.8 Å². The van der Waals surface area contributed by atoms with Gasteiger partial charge in [0.05, 0.1) is 5.92 Å². The van der Waals surface area contributed by atoms with E-state index in [0.717, 1.165) is 21.5 Å². The zero-order valence-electron chi connectivity index (χ0n) is 15.2. The summed E-state index contributed by atoms with van der Waals surface area (Å²) in [6.07, 6.45) is 2.27. The first-order valence-corrected chi connectivity index (χ1v) is 11.1. The third-order valence-electron chi connectivity index (χ3n) is 4.78. The molecular weight excluding hydrogens is 424 g/mol. The first kappa shape index (κ1) is 20.0. The van der Waals surface area contributed by atoms with Crippen molar-refractivity contribution < 1.29 is 9.59 Å². The Kier molecular flexibility index (Phi) is 6.96. The molecule has 3 rings (SSSR count). The van der Waals surface area contributed by atoms with E-state index in [-0.39, 0.29) is 30.1 Å². The van der Waals surface area contributed by atoms with Gasteiger partial charge in [0.1, 0.15) is 0 Å². The molecule has 1 aliphatic heterocycles. The van der Waals surface area contributed by atoms with E-state index in [0.29, 0.717) is 13.1 Å². The molecule has 0 spiro atoms. The summed E-state index contributed by atoms with van der Waals surface area (Å²) in [5, 5.41) is 2.91. The van der Waals surface area contributed by atoms with Crippen LogP contribution in [-0.4, -0.2) is 35.3 Å². The van der Waals surface area contributed by atoms with Crippen LogP contribution in [0.3, 0.4) is 0 Å². The van der Waals surface area contributed by atoms with Gasteiger partial charge < -0.3 is 10.2 Å². The molecule has 2 atom stereocenters. The maximum absolute atomic E-state index is 13.0. The number of benzene rings is 2. The fourth-order valence-electron chi connectivity index (χ4n) is 3.46. The van der Waals surface area contributed by atoms with Crippen molar-refractivity contribution in [3.63, 3.8) is 0 Å². The molecule has 0 aliphatic carbocycles. The average molecular weight is 447 g/mol. The van der Waals surface area contributed by atoms with Crippen molar-refractivity contribution in [3.8, 4) is 0 Å². The van der Waals surface area contributed by atoms with Crippen LogP contribution in [0.1, 0.15) is 12.0 Å². The van der Waals surface area contributed by atoms with Crippen molar-refractivity contribution >= 4 is 45.2 Å². The lowest BCUT2D eigenvalue weighted by atomic mass is 9.93. The minimum atomic E-state index is -0.253. The molecule has 0 aromatic heterocycles. The van der Waals surface area contributed by atoms with Crippen molar-refractivity contribution in [1.82, 2.24) is 4.90 Å². The van der Waals surface area contributed by atoms with Gasteiger partial charge in [-0.1, -0.05) is 46.3 Å². The van der Waals surface area contributed by atoms with Crippen LogP contribution in [-0.2, 0) is 16.1 Å². The maximum Gasteiger partial charge on any atom is 0.226 e. The van der Waals surface area contributed by atoms with Gasteiger partial charge in [-0.15, -0.1) is 0 Å². The third-order valence-corrected chi connectivity index (χ3v) is 6.07. The molecule has 142 valence electrons. The fraction of sp³-hybridized carbons (Fsp3) is 0.333. The van der Waals surface area contributed by atoms with Gasteiger partial charge in [-0.05, 0) is 47.8 Å². The number of nitrogens with zero attached hydrogens (tertiary/aromatic N) is 1. The zero-order valence-corrected chi connectivity index (χ0v) is 17.6. The zero-order chi connectivity index (χ0) is 19.2. The molecule has 2 aromatic rings. The summed E-state index contributed by atoms with van der Waals surface area (Å²) in [6.45, 7) is 1.32. The molecule has 1 saturated heterocycles. The first-order chi connectivity index (χ1) is 13.1. The Bertz CT molecular complexity index is 783. The third kappa shape index (κ3) is 5.36. The number of likely N-dealkylation sites (tertiary alicyclic amines) is 1. The number of hydrogen-bond acceptors (Lipinski definition) is 3. The summed E-state index contributed by atoms with van der Waals surface area (Å²) in [5.41, 5.74) is 1.87. The molecule has 2 amide bonds. The Labute approximate surface area is 172 Å². The van der Waals surface area contributed by atoms with Crippen molar-refractivity contribution in [2.75, 3.05) is 23.9 Å². The van der Waals surface area contributed by atoms with E-state index in [4.69, 9.17) is 0 Å². The van der Waals surface area contributed by atoms with Crippen LogP contribution in [0, 0.1) is 11.8 Å². The lowest BCUT2D eigenvalue weighted by Gasteiger charge is -2.16. The minimum Gasteiger partial charge on any atom is -0.338 e. The van der Waals surface area contributed by atoms with Crippen LogP contribution in [0.25, 0.3) is 0 Å². The predicted octanol–water partition coefficient (Wildman–Crippen LogP) is 4.42. The van der Waals surface area contributed by atoms with Gasteiger partial charge in [-0.25, -0.2) is 0 Å². The highest BCUT2D eigenvalue weighted by Crippen LogP contribution is 2.31. The topological polar surface area (TPSA) is 49.4 Å². The number of rotatable bonds is 7. The summed E-state index contributed by atoms with van der Waals surface area (Å²) in [4.78, 5) is 27.4. The second kappa shape index (κ2) is 9.42. The number of anilines is 1. The first-order valence-electron chi connectivity index (χ1n) is 8.94. The minimum absolute atomic E-state index is 0.0869. The van der Waals surface area contributed by atoms with E-state index in [1.807, 2.05) is 65.8 Å². The Morgan fingerprint density at radius 2 is 1.89 bits per heavy atom. The lowest BCUT2D eigenvalue weighted by Crippen LogP contribution is -2.29. The molecule has 1 N–H and O–H groups in total. The lowest BCUT2D eigenvalue weighted by molar-refractivity contribution is -0.133. The van der Waals surface area contributed by atoms with Crippen LogP contribution in [0.4, 0.5) is 5.69 Å². The summed E-state index contributed by atoms with van der Waals surface area (Å²) in [7, 11) is 0. The van der Waals surface area contributed by atoms with Gasteiger partial charge >= 0.3 is 0 Å². The van der Waals surface area contributed by atoms with E-state index in [1.54, 1.807) is 11.8 Å². The van der Waals surface area contributed by atoms with Gasteiger partial charge in [-0.2, -0.15) is 11.8 Å². The highest BCUT2D eigenvalue weighted by atomic mass is 79.9. The molecule has 0 bridgehead atoms. The molecule has 2 aromatic carbocycles. The number of hydrogen-bond donors (Lipinski definition) is 1. The number of amides is 2. The van der Waals surface area contributed by atoms with Crippen LogP contribution in [0.2, 0.25) is 0 Å². The number of carbonyl (C=O) groups is 2. The number of carbonyl (C=O) groups excluding carboxylic acids is 2. The molecule has 1 heterocycles. The molecule has 1 aliphatic rings. The summed E-state index contributed by atoms with van der Waals surface area (Å²) >= 11 is 5.11. The predicted molar refractivity (Wildman–Crippen MR) is 115 cm³/mol. The van der Waals surface area contributed by atoms with Gasteiger partial charge in [0.2, 0.25) is 11.8 Å². The monoisotopic (exact) mass is 446 g/mol. The molecule has 6 heteroatoms. The average Bonchev–Trinajstić information content (AvgIpc) is 2.94. The van der Waals surface area contributed by atoms with E-state index >= 15 is 0 Å². The molecule has 27 heavy (non-hydrogen) atoms. The normalized spacial score (nSPS) is 19.3. The Hall–Kier alpha value is -1.79. The SMILES string of the molecule is CSC[C@H]1CN(Cc2ccccc2)C(=O)[C@@H]1CC(=O)Nc1ccc(Br)cc1. The fourth-order valence-corrected chi connectivity index (χ4v) is 4.49. The highest BCUT2D eigenvalue weighted by Gasteiger charge is 2.40. The summed E-state index contributed by atoms with van der Waals surface area (Å²) < 4.78 is 0.961. The summed E-state index contributed by atoms with van der Waals surface area (Å²) in [5.74, 6) is 0.809. The van der Waals surface area contributed by atoms with Gasteiger partial charge in [0, 0.05) is 29.7 Å². The van der Waals surface area contributed by atoms with Crippen LogP contribution in [0.5, 0.6) is 0 Å². The highest BCUT2D eigenvalue weighted by molar-refractivity contribution is 9.10. The quantitative estimate of drug-likeness (QED) is 0.684. The molecule has 1 fully saturated rings. The number of thioether (sulfide) groups is 1. The van der Waals surface area contributed by atoms with Crippen molar-refractivity contribution in [3.05, 3.63) is 64.6 Å². The van der Waals surface area contributed by atoms with Gasteiger partial charge in [0.15, 0.2) is 0 Å². The molecule has 0 unspecified atom stereocenters. The van der Waals surface area contributed by atoms with Crippen LogP contribution < -0.4 is 5.32 Å². The number of nitrogens with one attached hydrogen (secondary N) is 1. The maximum atomic E-state index is 13.0. The van der Waals surface area contributed by atoms with Crippen molar-refractivity contribution in [1.29, 1.82) is 0 Å². The molecule has 0 saturated carbocycles. The second-order valence-corrected chi connectivity index (χ2v) is 8.61. The Balaban J connectivity index is 1.65. The van der Waals surface area contributed by atoms with Gasteiger partial charge in [-0.3, -0.25) is 9.59 Å². The van der Waals surface area contributed by atoms with Crippen molar-refractivity contribution in [2.45, 2.75) is 13.0 Å². The number of halogens is 1. The second-order valence-electron chi connectivity index (χ2n) is 6.79. The molecule has 4 nitrogen and oxygen atoms in total. The Morgan fingerprint density at radius 3 is 2.56 bits per heavy atom. The summed E-state index contributed by atoms with van der Waals surface area (Å²) in [6, 6.07) is 17.5. The standard InChI is InChI=1S/C21H23BrN2O2S/c1-27-14-16-13-24(12-15-5-3-2-4-6-15)21(26)19(16)11-20(25)23-18-9-7-17(22)8-10-18/h2-10,16,19H,11-14H2,1H3,(H,23,25)/t16-,19-/m1/s1. The van der Waals surface area contributed by atoms with E-state index in [1.165, 1.54) is 0 Å². The van der Waals surface area contributed by atoms with Crippen LogP contribution >= 0.6 is 27.7 Å².